The van der Waals surface area contributed by atoms with Gasteiger partial charge in [0.25, 0.3) is 0 Å². The van der Waals surface area contributed by atoms with Gasteiger partial charge in [-0.25, -0.2) is 9.37 Å². The van der Waals surface area contributed by atoms with Gasteiger partial charge >= 0.3 is 0 Å². The Labute approximate surface area is 97.6 Å². The summed E-state index contributed by atoms with van der Waals surface area (Å²) >= 11 is 5.78. The number of hydrogen-bond donors (Lipinski definition) is 1. The molecule has 0 saturated carbocycles. The Morgan fingerprint density at radius 2 is 2.19 bits per heavy atom. The van der Waals surface area contributed by atoms with Gasteiger partial charge in [0.05, 0.1) is 5.56 Å². The van der Waals surface area contributed by atoms with Crippen LogP contribution < -0.4 is 10.2 Å². The fraction of sp³-hybridized carbons (Fsp3) is 0.400. The normalized spacial score (nSPS) is 15.9. The van der Waals surface area contributed by atoms with Crippen LogP contribution in [0.5, 0.6) is 0 Å². The van der Waals surface area contributed by atoms with Crippen molar-refractivity contribution in [2.45, 2.75) is 0 Å². The third-order valence-corrected chi connectivity index (χ3v) is 2.74. The van der Waals surface area contributed by atoms with Crippen molar-refractivity contribution in [3.63, 3.8) is 0 Å². The first-order valence-electron chi connectivity index (χ1n) is 4.94. The third-order valence-electron chi connectivity index (χ3n) is 2.45. The van der Waals surface area contributed by atoms with Gasteiger partial charge in [-0.05, 0) is 6.07 Å². The van der Waals surface area contributed by atoms with Crippen LogP contribution in [-0.4, -0.2) is 31.2 Å². The number of hydrogen-bond acceptors (Lipinski definition) is 4. The van der Waals surface area contributed by atoms with Crippen molar-refractivity contribution in [2.75, 3.05) is 31.1 Å². The van der Waals surface area contributed by atoms with Crippen molar-refractivity contribution in [1.82, 2.24) is 10.3 Å². The van der Waals surface area contributed by atoms with Crippen LogP contribution in [0.3, 0.4) is 0 Å². The average Bonchev–Trinajstić information content (AvgIpc) is 2.32. The van der Waals surface area contributed by atoms with Gasteiger partial charge in [-0.3, -0.25) is 0 Å². The van der Waals surface area contributed by atoms with E-state index in [1.165, 1.54) is 0 Å². The lowest BCUT2D eigenvalue weighted by Gasteiger charge is -2.28. The second kappa shape index (κ2) is 4.64. The smallest absolute Gasteiger partial charge is 0.167 e. The van der Waals surface area contributed by atoms with Gasteiger partial charge in [0, 0.05) is 26.2 Å². The maximum absolute atomic E-state index is 13.7. The van der Waals surface area contributed by atoms with Gasteiger partial charge in [0.15, 0.2) is 11.6 Å². The molecule has 6 heteroatoms. The van der Waals surface area contributed by atoms with Crippen LogP contribution in [-0.2, 0) is 0 Å². The molecule has 0 bridgehead atoms. The van der Waals surface area contributed by atoms with E-state index in [1.54, 1.807) is 6.07 Å². The van der Waals surface area contributed by atoms with Gasteiger partial charge in [0.1, 0.15) is 11.2 Å². The SMILES string of the molecule is N#Cc1cc(F)c(N2CCNCC2)nc1Cl. The highest BCUT2D eigenvalue weighted by atomic mass is 35.5. The van der Waals surface area contributed by atoms with Crippen molar-refractivity contribution < 1.29 is 4.39 Å². The summed E-state index contributed by atoms with van der Waals surface area (Å²) in [5, 5.41) is 11.9. The molecule has 0 aromatic carbocycles. The highest BCUT2D eigenvalue weighted by Crippen LogP contribution is 2.22. The number of anilines is 1. The highest BCUT2D eigenvalue weighted by Gasteiger charge is 2.18. The molecule has 1 aliphatic heterocycles. The van der Waals surface area contributed by atoms with Crippen molar-refractivity contribution in [3.8, 4) is 6.07 Å². The summed E-state index contributed by atoms with van der Waals surface area (Å²) in [6, 6.07) is 2.93. The van der Waals surface area contributed by atoms with E-state index in [9.17, 15) is 4.39 Å². The van der Waals surface area contributed by atoms with Crippen LogP contribution in [0.4, 0.5) is 10.2 Å². The number of aromatic nitrogens is 1. The predicted molar refractivity (Wildman–Crippen MR) is 59.0 cm³/mol. The van der Waals surface area contributed by atoms with Crippen LogP contribution in [0.15, 0.2) is 6.07 Å². The summed E-state index contributed by atoms with van der Waals surface area (Å²) in [4.78, 5) is 5.75. The van der Waals surface area contributed by atoms with Crippen LogP contribution in [0.2, 0.25) is 5.15 Å². The van der Waals surface area contributed by atoms with Crippen LogP contribution in [0, 0.1) is 17.1 Å². The minimum absolute atomic E-state index is 0.0532. The summed E-state index contributed by atoms with van der Waals surface area (Å²) in [5.74, 6) is -0.270. The molecule has 4 nitrogen and oxygen atoms in total. The molecule has 1 aromatic rings. The molecule has 2 heterocycles. The van der Waals surface area contributed by atoms with Gasteiger partial charge in [-0.2, -0.15) is 5.26 Å². The lowest BCUT2D eigenvalue weighted by Crippen LogP contribution is -2.44. The summed E-state index contributed by atoms with van der Waals surface area (Å²) in [5.41, 5.74) is 0.0676. The van der Waals surface area contributed by atoms with Gasteiger partial charge in [0.2, 0.25) is 0 Å². The Balaban J connectivity index is 2.34. The number of halogens is 2. The first-order chi connectivity index (χ1) is 7.72. The largest absolute Gasteiger partial charge is 0.352 e. The molecule has 0 aliphatic carbocycles. The van der Waals surface area contributed by atoms with E-state index in [1.807, 2.05) is 4.90 Å². The maximum Gasteiger partial charge on any atom is 0.167 e. The first kappa shape index (κ1) is 11.1. The predicted octanol–water partition coefficient (Wildman–Crippen LogP) is 1.16. The van der Waals surface area contributed by atoms with Crippen molar-refractivity contribution in [2.24, 2.45) is 0 Å². The Morgan fingerprint density at radius 3 is 2.81 bits per heavy atom. The molecule has 1 aromatic heterocycles. The number of nitrogens with zero attached hydrogens (tertiary/aromatic N) is 3. The Bertz CT molecular complexity index is 437. The fourth-order valence-electron chi connectivity index (χ4n) is 1.63. The van der Waals surface area contributed by atoms with Crippen molar-refractivity contribution in [1.29, 1.82) is 5.26 Å². The van der Waals surface area contributed by atoms with Gasteiger partial charge in [-0.15, -0.1) is 0 Å². The lowest BCUT2D eigenvalue weighted by molar-refractivity contribution is 0.558. The molecule has 84 valence electrons. The zero-order chi connectivity index (χ0) is 11.5. The number of rotatable bonds is 1. The lowest BCUT2D eigenvalue weighted by atomic mass is 10.2. The van der Waals surface area contributed by atoms with E-state index >= 15 is 0 Å². The van der Waals surface area contributed by atoms with E-state index in [0.29, 0.717) is 13.1 Å². The number of nitriles is 1. The number of nitrogens with one attached hydrogen (secondary N) is 1. The number of pyridine rings is 1. The molecule has 1 saturated heterocycles. The first-order valence-corrected chi connectivity index (χ1v) is 5.32. The number of piperazine rings is 1. The van der Waals surface area contributed by atoms with Crippen molar-refractivity contribution >= 4 is 17.4 Å². The molecule has 1 fully saturated rings. The molecule has 2 rings (SSSR count). The average molecular weight is 241 g/mol. The zero-order valence-corrected chi connectivity index (χ0v) is 9.26. The quantitative estimate of drug-likeness (QED) is 0.749. The molecule has 16 heavy (non-hydrogen) atoms. The molecule has 0 radical (unpaired) electrons. The molecule has 0 atom stereocenters. The molecule has 0 spiro atoms. The van der Waals surface area contributed by atoms with Crippen LogP contribution in [0.1, 0.15) is 5.56 Å². The standard InChI is InChI=1S/C10H10ClFN4/c11-9-7(6-13)5-8(12)10(15-9)16-3-1-14-2-4-16/h5,14H,1-4H2. The van der Waals surface area contributed by atoms with E-state index < -0.39 is 5.82 Å². The minimum Gasteiger partial charge on any atom is -0.352 e. The van der Waals surface area contributed by atoms with E-state index in [-0.39, 0.29) is 16.5 Å². The second-order valence-electron chi connectivity index (χ2n) is 3.48. The Kier molecular flexibility index (Phi) is 3.22. The van der Waals surface area contributed by atoms with E-state index in [2.05, 4.69) is 10.3 Å². The molecular formula is C10H10ClFN4. The third kappa shape index (κ3) is 2.08. The van der Waals surface area contributed by atoms with Gasteiger partial charge in [-0.1, -0.05) is 11.6 Å². The van der Waals surface area contributed by atoms with E-state index in [4.69, 9.17) is 16.9 Å². The summed E-state index contributed by atoms with van der Waals surface area (Å²) in [6.07, 6.45) is 0. The topological polar surface area (TPSA) is 52.0 Å². The second-order valence-corrected chi connectivity index (χ2v) is 3.84. The molecular weight excluding hydrogens is 231 g/mol. The molecule has 1 N–H and O–H groups in total. The Morgan fingerprint density at radius 1 is 1.50 bits per heavy atom. The van der Waals surface area contributed by atoms with Crippen LogP contribution in [0.25, 0.3) is 0 Å². The fourth-order valence-corrected chi connectivity index (χ4v) is 1.81. The minimum atomic E-state index is -0.497. The Hall–Kier alpha value is -1.38. The van der Waals surface area contributed by atoms with Gasteiger partial charge < -0.3 is 10.2 Å². The maximum atomic E-state index is 13.7. The molecule has 1 aliphatic rings. The van der Waals surface area contributed by atoms with E-state index in [0.717, 1.165) is 19.2 Å². The van der Waals surface area contributed by atoms with Crippen LogP contribution >= 0.6 is 11.6 Å². The monoisotopic (exact) mass is 240 g/mol. The highest BCUT2D eigenvalue weighted by molar-refractivity contribution is 6.30. The summed E-state index contributed by atoms with van der Waals surface area (Å²) in [7, 11) is 0. The molecule has 0 amide bonds. The summed E-state index contributed by atoms with van der Waals surface area (Å²) in [6.45, 7) is 2.95. The van der Waals surface area contributed by atoms with Crippen molar-refractivity contribution in [3.05, 3.63) is 22.6 Å². The zero-order valence-electron chi connectivity index (χ0n) is 8.50. The summed E-state index contributed by atoms with van der Waals surface area (Å²) < 4.78 is 13.7. The molecule has 0 unspecified atom stereocenters.